The van der Waals surface area contributed by atoms with Gasteiger partial charge in [0.15, 0.2) is 0 Å². The van der Waals surface area contributed by atoms with Crippen molar-refractivity contribution in [3.63, 3.8) is 0 Å². The third kappa shape index (κ3) is 5.20. The van der Waals surface area contributed by atoms with E-state index in [0.29, 0.717) is 25.9 Å². The number of benzene rings is 2. The number of nitrogens with zero attached hydrogens (tertiary/aromatic N) is 3. The van der Waals surface area contributed by atoms with Crippen LogP contribution >= 0.6 is 0 Å². The van der Waals surface area contributed by atoms with Gasteiger partial charge in [0, 0.05) is 42.7 Å². The molecule has 0 unspecified atom stereocenters. The Labute approximate surface area is 176 Å². The summed E-state index contributed by atoms with van der Waals surface area (Å²) in [5, 5.41) is 7.85. The molecule has 0 radical (unpaired) electrons. The number of rotatable bonds is 8. The number of amides is 1. The Morgan fingerprint density at radius 2 is 1.63 bits per heavy atom. The van der Waals surface area contributed by atoms with Crippen molar-refractivity contribution in [1.29, 1.82) is 0 Å². The molecule has 0 atom stereocenters. The second-order valence-corrected chi connectivity index (χ2v) is 7.19. The predicted molar refractivity (Wildman–Crippen MR) is 118 cm³/mol. The van der Waals surface area contributed by atoms with Crippen molar-refractivity contribution in [2.24, 2.45) is 0 Å². The van der Waals surface area contributed by atoms with E-state index in [4.69, 9.17) is 5.10 Å². The fraction of sp³-hybridized carbons (Fsp3) is 0.160. The van der Waals surface area contributed by atoms with Gasteiger partial charge >= 0.3 is 0 Å². The average molecular weight is 396 g/mol. The molecule has 0 bridgehead atoms. The van der Waals surface area contributed by atoms with Crippen LogP contribution in [0, 0.1) is 0 Å². The molecule has 5 nitrogen and oxygen atoms in total. The Morgan fingerprint density at radius 1 is 0.900 bits per heavy atom. The first-order chi connectivity index (χ1) is 14.8. The summed E-state index contributed by atoms with van der Waals surface area (Å²) in [4.78, 5) is 16.5. The van der Waals surface area contributed by atoms with Crippen LogP contribution in [0.3, 0.4) is 0 Å². The maximum Gasteiger partial charge on any atom is 0.220 e. The van der Waals surface area contributed by atoms with Gasteiger partial charge in [-0.3, -0.25) is 14.5 Å². The van der Waals surface area contributed by atoms with Crippen molar-refractivity contribution in [3.05, 3.63) is 108 Å². The van der Waals surface area contributed by atoms with E-state index in [1.807, 2.05) is 71.5 Å². The third-order valence-corrected chi connectivity index (χ3v) is 4.91. The molecule has 30 heavy (non-hydrogen) atoms. The maximum absolute atomic E-state index is 12.4. The molecule has 1 N–H and O–H groups in total. The van der Waals surface area contributed by atoms with E-state index in [1.165, 1.54) is 5.56 Å². The maximum atomic E-state index is 12.4. The van der Waals surface area contributed by atoms with Gasteiger partial charge in [-0.2, -0.15) is 5.10 Å². The van der Waals surface area contributed by atoms with Gasteiger partial charge in [0.05, 0.1) is 12.2 Å². The van der Waals surface area contributed by atoms with Gasteiger partial charge in [-0.1, -0.05) is 66.7 Å². The Morgan fingerprint density at radius 3 is 2.37 bits per heavy atom. The van der Waals surface area contributed by atoms with Crippen molar-refractivity contribution in [1.82, 2.24) is 20.1 Å². The molecule has 0 aliphatic heterocycles. The second-order valence-electron chi connectivity index (χ2n) is 7.19. The highest BCUT2D eigenvalue weighted by Gasteiger charge is 2.13. The van der Waals surface area contributed by atoms with E-state index in [1.54, 1.807) is 12.4 Å². The van der Waals surface area contributed by atoms with E-state index in [9.17, 15) is 4.79 Å². The van der Waals surface area contributed by atoms with Crippen molar-refractivity contribution in [3.8, 4) is 11.3 Å². The lowest BCUT2D eigenvalue weighted by atomic mass is 10.1. The van der Waals surface area contributed by atoms with Crippen molar-refractivity contribution >= 4 is 5.91 Å². The first kappa shape index (κ1) is 19.6. The van der Waals surface area contributed by atoms with Gasteiger partial charge in [-0.15, -0.1) is 0 Å². The van der Waals surface area contributed by atoms with Crippen molar-refractivity contribution in [2.75, 3.05) is 0 Å². The van der Waals surface area contributed by atoms with Gasteiger partial charge in [0.1, 0.15) is 0 Å². The molecular formula is C25H24N4O. The minimum absolute atomic E-state index is 0.0219. The summed E-state index contributed by atoms with van der Waals surface area (Å²) < 4.78 is 1.94. The summed E-state index contributed by atoms with van der Waals surface area (Å²) >= 11 is 0. The highest BCUT2D eigenvalue weighted by atomic mass is 16.1. The zero-order chi connectivity index (χ0) is 20.6. The number of carbonyl (C=O) groups is 1. The highest BCUT2D eigenvalue weighted by molar-refractivity contribution is 5.76. The minimum atomic E-state index is 0.0219. The highest BCUT2D eigenvalue weighted by Crippen LogP contribution is 2.22. The fourth-order valence-corrected chi connectivity index (χ4v) is 3.37. The number of nitrogens with one attached hydrogen (secondary N) is 1. The molecule has 0 aliphatic rings. The van der Waals surface area contributed by atoms with Gasteiger partial charge in [0.25, 0.3) is 0 Å². The quantitative estimate of drug-likeness (QED) is 0.485. The topological polar surface area (TPSA) is 59.8 Å². The zero-order valence-electron chi connectivity index (χ0n) is 16.7. The number of carbonyl (C=O) groups excluding carboxylic acids is 1. The molecule has 0 spiro atoms. The number of aromatic nitrogens is 3. The predicted octanol–water partition coefficient (Wildman–Crippen LogP) is 4.24. The van der Waals surface area contributed by atoms with E-state index < -0.39 is 0 Å². The first-order valence-electron chi connectivity index (χ1n) is 10.1. The Bertz CT molecular complexity index is 1080. The number of pyridine rings is 1. The number of hydrogen-bond donors (Lipinski definition) is 1. The lowest BCUT2D eigenvalue weighted by Crippen LogP contribution is -2.23. The summed E-state index contributed by atoms with van der Waals surface area (Å²) in [5.41, 5.74) is 5.20. The molecule has 0 aliphatic carbocycles. The van der Waals surface area contributed by atoms with Crippen LogP contribution in [0.15, 0.2) is 91.4 Å². The summed E-state index contributed by atoms with van der Waals surface area (Å²) in [7, 11) is 0. The summed E-state index contributed by atoms with van der Waals surface area (Å²) in [6.45, 7) is 1.14. The summed E-state index contributed by atoms with van der Waals surface area (Å²) in [6, 6.07) is 24.2. The van der Waals surface area contributed by atoms with Gasteiger partial charge < -0.3 is 5.32 Å². The van der Waals surface area contributed by atoms with Crippen LogP contribution in [-0.2, 0) is 24.3 Å². The smallest absolute Gasteiger partial charge is 0.220 e. The van der Waals surface area contributed by atoms with Crippen LogP contribution in [-0.4, -0.2) is 20.7 Å². The van der Waals surface area contributed by atoms with Crippen LogP contribution in [0.1, 0.15) is 23.1 Å². The monoisotopic (exact) mass is 396 g/mol. The summed E-state index contributed by atoms with van der Waals surface area (Å²) in [6.07, 6.45) is 6.68. The van der Waals surface area contributed by atoms with Crippen molar-refractivity contribution < 1.29 is 4.79 Å². The Kier molecular flexibility index (Phi) is 6.30. The van der Waals surface area contributed by atoms with Crippen LogP contribution < -0.4 is 5.32 Å². The lowest BCUT2D eigenvalue weighted by Gasteiger charge is -2.06. The third-order valence-electron chi connectivity index (χ3n) is 4.91. The van der Waals surface area contributed by atoms with E-state index in [0.717, 1.165) is 22.4 Å². The molecule has 0 saturated carbocycles. The molecule has 0 saturated heterocycles. The zero-order valence-corrected chi connectivity index (χ0v) is 16.7. The van der Waals surface area contributed by atoms with E-state index in [-0.39, 0.29) is 5.91 Å². The average Bonchev–Trinajstić information content (AvgIpc) is 3.21. The normalized spacial score (nSPS) is 10.7. The van der Waals surface area contributed by atoms with E-state index in [2.05, 4.69) is 22.4 Å². The molecule has 150 valence electrons. The SMILES string of the molecule is O=C(CCc1cccnc1)NCc1cn(Cc2ccccc2)nc1-c1ccccc1. The van der Waals surface area contributed by atoms with E-state index >= 15 is 0 Å². The Hall–Kier alpha value is -3.73. The molecular weight excluding hydrogens is 372 g/mol. The van der Waals surface area contributed by atoms with Gasteiger partial charge in [0.2, 0.25) is 5.91 Å². The first-order valence-corrected chi connectivity index (χ1v) is 10.1. The van der Waals surface area contributed by atoms with Crippen LogP contribution in [0.5, 0.6) is 0 Å². The van der Waals surface area contributed by atoms with Crippen LogP contribution in [0.4, 0.5) is 0 Å². The van der Waals surface area contributed by atoms with Crippen LogP contribution in [0.25, 0.3) is 11.3 Å². The molecule has 5 heteroatoms. The van der Waals surface area contributed by atoms with Gasteiger partial charge in [-0.05, 0) is 23.6 Å². The molecule has 2 aromatic heterocycles. The molecule has 4 aromatic rings. The van der Waals surface area contributed by atoms with Gasteiger partial charge in [-0.25, -0.2) is 0 Å². The lowest BCUT2D eigenvalue weighted by molar-refractivity contribution is -0.121. The number of hydrogen-bond acceptors (Lipinski definition) is 3. The summed E-state index contributed by atoms with van der Waals surface area (Å²) in [5.74, 6) is 0.0219. The molecule has 2 aromatic carbocycles. The molecule has 1 amide bonds. The second kappa shape index (κ2) is 9.65. The molecule has 2 heterocycles. The number of aryl methyl sites for hydroxylation is 1. The largest absolute Gasteiger partial charge is 0.352 e. The van der Waals surface area contributed by atoms with Crippen LogP contribution in [0.2, 0.25) is 0 Å². The minimum Gasteiger partial charge on any atom is -0.352 e. The standard InChI is InChI=1S/C25H24N4O/c30-24(14-13-20-10-7-15-26-16-20)27-17-23-19-29(18-21-8-3-1-4-9-21)28-25(23)22-11-5-2-6-12-22/h1-12,15-16,19H,13-14,17-18H2,(H,27,30). The Balaban J connectivity index is 1.46. The fourth-order valence-electron chi connectivity index (χ4n) is 3.37. The molecule has 0 fully saturated rings. The molecule has 4 rings (SSSR count). The van der Waals surface area contributed by atoms with Crippen molar-refractivity contribution in [2.45, 2.75) is 25.9 Å².